The number of rotatable bonds is 7. The summed E-state index contributed by atoms with van der Waals surface area (Å²) >= 11 is 1.58. The second-order valence-corrected chi connectivity index (χ2v) is 10.3. The molecular formula is C26H35N3O3S. The summed E-state index contributed by atoms with van der Waals surface area (Å²) < 4.78 is 5.49. The summed E-state index contributed by atoms with van der Waals surface area (Å²) in [6.45, 7) is 7.12. The molecule has 0 unspecified atom stereocenters. The fraction of sp³-hybridized carbons (Fsp3) is 0.538. The highest BCUT2D eigenvalue weighted by Gasteiger charge is 2.28. The van der Waals surface area contributed by atoms with Gasteiger partial charge in [-0.3, -0.25) is 14.5 Å². The second kappa shape index (κ2) is 11.2. The topological polar surface area (TPSA) is 70.7 Å². The van der Waals surface area contributed by atoms with Crippen molar-refractivity contribution in [2.75, 3.05) is 36.9 Å². The van der Waals surface area contributed by atoms with E-state index in [4.69, 9.17) is 4.74 Å². The van der Waals surface area contributed by atoms with Gasteiger partial charge in [0.25, 0.3) is 5.91 Å². The number of ether oxygens (including phenoxy) is 1. The van der Waals surface area contributed by atoms with E-state index in [9.17, 15) is 9.59 Å². The molecule has 1 saturated heterocycles. The third-order valence-corrected chi connectivity index (χ3v) is 7.65. The molecule has 2 heterocycles. The highest BCUT2D eigenvalue weighted by molar-refractivity contribution is 7.17. The van der Waals surface area contributed by atoms with Crippen molar-refractivity contribution in [2.24, 2.45) is 5.92 Å². The van der Waals surface area contributed by atoms with E-state index >= 15 is 0 Å². The van der Waals surface area contributed by atoms with Gasteiger partial charge in [0.1, 0.15) is 10.8 Å². The van der Waals surface area contributed by atoms with E-state index in [0.29, 0.717) is 29.6 Å². The average molecular weight is 470 g/mol. The first-order chi connectivity index (χ1) is 16.0. The predicted octanol–water partition coefficient (Wildman–Crippen LogP) is 5.34. The Morgan fingerprint density at radius 2 is 1.82 bits per heavy atom. The summed E-state index contributed by atoms with van der Waals surface area (Å²) in [6.07, 6.45) is 7.68. The van der Waals surface area contributed by atoms with Crippen LogP contribution in [0.2, 0.25) is 0 Å². The molecule has 7 heteroatoms. The maximum atomic E-state index is 13.4. The van der Waals surface area contributed by atoms with Crippen LogP contribution < -0.4 is 15.4 Å². The quantitative estimate of drug-likeness (QED) is 0.574. The smallest absolute Gasteiger partial charge is 0.258 e. The SMILES string of the molecule is CCOc1ccc(NC(=O)c2c(NC(=O)CN3CCCCCC3)sc3c2CC[C@H](C)C3)cc1. The van der Waals surface area contributed by atoms with Crippen molar-refractivity contribution in [3.05, 3.63) is 40.3 Å². The monoisotopic (exact) mass is 469 g/mol. The van der Waals surface area contributed by atoms with Crippen LogP contribution in [0.1, 0.15) is 66.8 Å². The number of benzene rings is 1. The number of nitrogens with zero attached hydrogens (tertiary/aromatic N) is 1. The number of anilines is 2. The van der Waals surface area contributed by atoms with Gasteiger partial charge < -0.3 is 15.4 Å². The summed E-state index contributed by atoms with van der Waals surface area (Å²) in [4.78, 5) is 29.8. The highest BCUT2D eigenvalue weighted by Crippen LogP contribution is 2.40. The number of nitrogens with one attached hydrogen (secondary N) is 2. The van der Waals surface area contributed by atoms with Gasteiger partial charge in [-0.1, -0.05) is 19.8 Å². The zero-order chi connectivity index (χ0) is 23.2. The van der Waals surface area contributed by atoms with E-state index in [-0.39, 0.29) is 11.8 Å². The van der Waals surface area contributed by atoms with Gasteiger partial charge in [-0.2, -0.15) is 0 Å². The van der Waals surface area contributed by atoms with Crippen molar-refractivity contribution in [1.82, 2.24) is 4.90 Å². The Labute approximate surface area is 200 Å². The van der Waals surface area contributed by atoms with Crippen molar-refractivity contribution in [3.63, 3.8) is 0 Å². The third-order valence-electron chi connectivity index (χ3n) is 6.48. The van der Waals surface area contributed by atoms with Gasteiger partial charge in [-0.05, 0) is 87.9 Å². The fourth-order valence-electron chi connectivity index (χ4n) is 4.74. The number of hydrogen-bond acceptors (Lipinski definition) is 5. The lowest BCUT2D eigenvalue weighted by Gasteiger charge is -2.19. The molecule has 2 N–H and O–H groups in total. The molecule has 0 spiro atoms. The van der Waals surface area contributed by atoms with E-state index in [1.54, 1.807) is 11.3 Å². The van der Waals surface area contributed by atoms with E-state index in [0.717, 1.165) is 62.2 Å². The van der Waals surface area contributed by atoms with Crippen molar-refractivity contribution in [2.45, 2.75) is 58.8 Å². The molecule has 1 aliphatic carbocycles. The van der Waals surface area contributed by atoms with Crippen LogP contribution in [-0.2, 0) is 17.6 Å². The number of hydrogen-bond donors (Lipinski definition) is 2. The number of thiophene rings is 1. The molecule has 2 aliphatic rings. The van der Waals surface area contributed by atoms with Crippen LogP contribution in [0.15, 0.2) is 24.3 Å². The summed E-state index contributed by atoms with van der Waals surface area (Å²) in [5.74, 6) is 1.19. The van der Waals surface area contributed by atoms with Crippen LogP contribution >= 0.6 is 11.3 Å². The number of amides is 2. The van der Waals surface area contributed by atoms with Gasteiger partial charge in [-0.25, -0.2) is 0 Å². The molecule has 0 bridgehead atoms. The molecule has 2 aromatic rings. The number of fused-ring (bicyclic) bond motifs is 1. The Bertz CT molecular complexity index is 962. The maximum absolute atomic E-state index is 13.4. The first-order valence-electron chi connectivity index (χ1n) is 12.2. The van der Waals surface area contributed by atoms with E-state index in [1.807, 2.05) is 31.2 Å². The largest absolute Gasteiger partial charge is 0.494 e. The second-order valence-electron chi connectivity index (χ2n) is 9.21. The summed E-state index contributed by atoms with van der Waals surface area (Å²) in [6, 6.07) is 7.41. The summed E-state index contributed by atoms with van der Waals surface area (Å²) in [7, 11) is 0. The fourth-order valence-corrected chi connectivity index (χ4v) is 6.16. The summed E-state index contributed by atoms with van der Waals surface area (Å²) in [5, 5.41) is 6.82. The lowest BCUT2D eigenvalue weighted by atomic mass is 9.88. The number of carbonyl (C=O) groups is 2. The Morgan fingerprint density at radius 3 is 2.52 bits per heavy atom. The Balaban J connectivity index is 1.51. The standard InChI is InChI=1S/C26H35N3O3S/c1-3-32-20-11-9-19(10-12-20)27-25(31)24-21-13-8-18(2)16-22(21)33-26(24)28-23(30)17-29-14-6-4-5-7-15-29/h9-12,18H,3-8,13-17H2,1-2H3,(H,27,31)(H,28,30)/t18-/m0/s1. The molecule has 6 nitrogen and oxygen atoms in total. The molecule has 178 valence electrons. The molecular weight excluding hydrogens is 434 g/mol. The van der Waals surface area contributed by atoms with Crippen LogP contribution in [0.3, 0.4) is 0 Å². The molecule has 1 atom stereocenters. The molecule has 4 rings (SSSR count). The van der Waals surface area contributed by atoms with Crippen molar-refractivity contribution in [1.29, 1.82) is 0 Å². The third kappa shape index (κ3) is 6.15. The van der Waals surface area contributed by atoms with Crippen molar-refractivity contribution < 1.29 is 14.3 Å². The van der Waals surface area contributed by atoms with Crippen LogP contribution in [0.4, 0.5) is 10.7 Å². The van der Waals surface area contributed by atoms with Gasteiger partial charge in [0.2, 0.25) is 5.91 Å². The molecule has 2 amide bonds. The Kier molecular flexibility index (Phi) is 8.04. The van der Waals surface area contributed by atoms with Gasteiger partial charge in [0.15, 0.2) is 0 Å². The normalized spacial score (nSPS) is 18.8. The van der Waals surface area contributed by atoms with Crippen LogP contribution in [0.25, 0.3) is 0 Å². The molecule has 0 saturated carbocycles. The van der Waals surface area contributed by atoms with Gasteiger partial charge >= 0.3 is 0 Å². The van der Waals surface area contributed by atoms with E-state index in [2.05, 4.69) is 22.5 Å². The molecule has 1 aliphatic heterocycles. The van der Waals surface area contributed by atoms with Gasteiger partial charge in [-0.15, -0.1) is 11.3 Å². The van der Waals surface area contributed by atoms with Crippen molar-refractivity contribution >= 4 is 33.8 Å². The zero-order valence-corrected chi connectivity index (χ0v) is 20.6. The van der Waals surface area contributed by atoms with Gasteiger partial charge in [0.05, 0.1) is 18.7 Å². The summed E-state index contributed by atoms with van der Waals surface area (Å²) in [5.41, 5.74) is 2.46. The van der Waals surface area contributed by atoms with Crippen molar-refractivity contribution in [3.8, 4) is 5.75 Å². The van der Waals surface area contributed by atoms with E-state index < -0.39 is 0 Å². The van der Waals surface area contributed by atoms with Crippen LogP contribution in [-0.4, -0.2) is 43.0 Å². The highest BCUT2D eigenvalue weighted by atomic mass is 32.1. The van der Waals surface area contributed by atoms with Crippen LogP contribution in [0, 0.1) is 5.92 Å². The lowest BCUT2D eigenvalue weighted by Crippen LogP contribution is -2.34. The molecule has 1 fully saturated rings. The number of likely N-dealkylation sites (tertiary alicyclic amines) is 1. The minimum atomic E-state index is -0.156. The molecule has 1 aromatic heterocycles. The lowest BCUT2D eigenvalue weighted by molar-refractivity contribution is -0.117. The van der Waals surface area contributed by atoms with Crippen LogP contribution in [0.5, 0.6) is 5.75 Å². The van der Waals surface area contributed by atoms with E-state index in [1.165, 1.54) is 17.7 Å². The Hall–Kier alpha value is -2.38. The molecule has 0 radical (unpaired) electrons. The zero-order valence-electron chi connectivity index (χ0n) is 19.7. The maximum Gasteiger partial charge on any atom is 0.258 e. The molecule has 33 heavy (non-hydrogen) atoms. The first kappa shape index (κ1) is 23.8. The molecule has 1 aromatic carbocycles. The number of carbonyl (C=O) groups excluding carboxylic acids is 2. The average Bonchev–Trinajstić information content (AvgIpc) is 2.94. The Morgan fingerprint density at radius 1 is 1.09 bits per heavy atom. The predicted molar refractivity (Wildman–Crippen MR) is 135 cm³/mol. The van der Waals surface area contributed by atoms with Gasteiger partial charge in [0, 0.05) is 10.6 Å². The first-order valence-corrected chi connectivity index (χ1v) is 13.1. The minimum Gasteiger partial charge on any atom is -0.494 e. The minimum absolute atomic E-state index is 0.0290.